The van der Waals surface area contributed by atoms with E-state index in [-0.39, 0.29) is 28.7 Å². The first-order valence-electron chi connectivity index (χ1n) is 10.1. The Kier molecular flexibility index (Phi) is 6.79. The summed E-state index contributed by atoms with van der Waals surface area (Å²) >= 11 is 0. The zero-order valence-corrected chi connectivity index (χ0v) is 18.6. The molecule has 0 aromatic heterocycles. The molecule has 1 aliphatic rings. The van der Waals surface area contributed by atoms with Gasteiger partial charge in [-0.3, -0.25) is 4.79 Å². The molecule has 0 saturated heterocycles. The number of hydrogen-bond acceptors (Lipinski definition) is 4. The third kappa shape index (κ3) is 5.38. The Morgan fingerprint density at radius 2 is 1.56 bits per heavy atom. The molecule has 186 valence electrons. The Labute approximate surface area is 191 Å². The second-order valence-electron chi connectivity index (χ2n) is 8.33. The summed E-state index contributed by atoms with van der Waals surface area (Å²) in [5.41, 5.74) is -6.59. The molecule has 0 atom stereocenters. The first-order chi connectivity index (χ1) is 15.5. The number of nitrogens with one attached hydrogen (secondary N) is 1. The Bertz CT molecular complexity index is 1160. The molecular formula is C22H21F6NO4S. The lowest BCUT2D eigenvalue weighted by Gasteiger charge is -2.33. The maximum absolute atomic E-state index is 13.1. The molecule has 0 spiro atoms. The molecular weight excluding hydrogens is 488 g/mol. The molecule has 34 heavy (non-hydrogen) atoms. The van der Waals surface area contributed by atoms with Crippen LogP contribution in [0.3, 0.4) is 0 Å². The molecule has 3 rings (SSSR count). The van der Waals surface area contributed by atoms with Gasteiger partial charge in [0, 0.05) is 11.3 Å². The van der Waals surface area contributed by atoms with Gasteiger partial charge in [0.15, 0.2) is 9.84 Å². The number of amides is 1. The maximum Gasteiger partial charge on any atom is 0.430 e. The van der Waals surface area contributed by atoms with Gasteiger partial charge < -0.3 is 10.4 Å². The molecule has 2 N–H and O–H groups in total. The fourth-order valence-corrected chi connectivity index (χ4v) is 5.21. The van der Waals surface area contributed by atoms with E-state index in [1.807, 2.05) is 0 Å². The summed E-state index contributed by atoms with van der Waals surface area (Å²) in [5.74, 6) is -0.379. The van der Waals surface area contributed by atoms with Gasteiger partial charge in [0.25, 0.3) is 5.60 Å². The van der Waals surface area contributed by atoms with Crippen LogP contribution < -0.4 is 5.32 Å². The van der Waals surface area contributed by atoms with Gasteiger partial charge in [0.1, 0.15) is 0 Å². The molecule has 1 amide bonds. The Morgan fingerprint density at radius 3 is 2.03 bits per heavy atom. The van der Waals surface area contributed by atoms with Gasteiger partial charge in [0.05, 0.1) is 17.1 Å². The molecule has 2 aromatic carbocycles. The van der Waals surface area contributed by atoms with Gasteiger partial charge in [0.2, 0.25) is 5.91 Å². The van der Waals surface area contributed by atoms with Crippen LogP contribution in [0.2, 0.25) is 0 Å². The van der Waals surface area contributed by atoms with E-state index in [1.54, 1.807) is 0 Å². The molecule has 1 aliphatic carbocycles. The van der Waals surface area contributed by atoms with Crippen molar-refractivity contribution in [3.8, 4) is 0 Å². The van der Waals surface area contributed by atoms with Crippen molar-refractivity contribution in [2.45, 2.75) is 49.0 Å². The summed E-state index contributed by atoms with van der Waals surface area (Å²) in [6.07, 6.45) is -10.5. The van der Waals surface area contributed by atoms with E-state index in [4.69, 9.17) is 0 Å². The van der Waals surface area contributed by atoms with Crippen molar-refractivity contribution in [3.63, 3.8) is 0 Å². The summed E-state index contributed by atoms with van der Waals surface area (Å²) in [6.45, 7) is 0.953. The highest BCUT2D eigenvalue weighted by Crippen LogP contribution is 2.51. The molecule has 12 heteroatoms. The smallest absolute Gasteiger partial charge is 0.369 e. The van der Waals surface area contributed by atoms with Gasteiger partial charge in [-0.15, -0.1) is 0 Å². The van der Waals surface area contributed by atoms with Gasteiger partial charge in [-0.25, -0.2) is 8.42 Å². The standard InChI is InChI=1S/C22H21F6NO4S/c1-13-10-16(6-9-18(13)20(31,21(23,24)25)22(26,27)28)29-19(30)11-14-4-7-17(8-5-14)34(32,33)12-15-2-3-15/h4-10,15,31H,2-3,11-12H2,1H3,(H,29,30). The quantitative estimate of drug-likeness (QED) is 0.532. The molecule has 2 aromatic rings. The number of benzene rings is 2. The van der Waals surface area contributed by atoms with Crippen LogP contribution in [0.4, 0.5) is 32.0 Å². The van der Waals surface area contributed by atoms with E-state index in [9.17, 15) is 44.7 Å². The molecule has 1 fully saturated rings. The summed E-state index contributed by atoms with van der Waals surface area (Å²) < 4.78 is 103. The largest absolute Gasteiger partial charge is 0.430 e. The second-order valence-corrected chi connectivity index (χ2v) is 10.4. The van der Waals surface area contributed by atoms with Crippen LogP contribution in [0.1, 0.15) is 29.5 Å². The Balaban J connectivity index is 1.71. The van der Waals surface area contributed by atoms with E-state index >= 15 is 0 Å². The van der Waals surface area contributed by atoms with Crippen molar-refractivity contribution in [2.75, 3.05) is 11.1 Å². The number of carbonyl (C=O) groups is 1. The van der Waals surface area contributed by atoms with Crippen LogP contribution in [0.15, 0.2) is 47.4 Å². The molecule has 1 saturated carbocycles. The summed E-state index contributed by atoms with van der Waals surface area (Å²) in [6, 6.07) is 7.87. The van der Waals surface area contributed by atoms with Crippen LogP contribution in [-0.2, 0) is 26.7 Å². The van der Waals surface area contributed by atoms with E-state index in [0.717, 1.165) is 31.9 Å². The minimum absolute atomic E-state index is 0.0680. The molecule has 0 radical (unpaired) electrons. The second kappa shape index (κ2) is 8.88. The molecule has 0 unspecified atom stereocenters. The lowest BCUT2D eigenvalue weighted by Crippen LogP contribution is -2.54. The van der Waals surface area contributed by atoms with Crippen LogP contribution in [0.5, 0.6) is 0 Å². The first kappa shape index (κ1) is 26.0. The Morgan fingerprint density at radius 1 is 1.00 bits per heavy atom. The van der Waals surface area contributed by atoms with Crippen molar-refractivity contribution in [3.05, 3.63) is 59.2 Å². The molecule has 0 aliphatic heterocycles. The third-order valence-corrected chi connectivity index (χ3v) is 7.42. The average molecular weight is 509 g/mol. The monoisotopic (exact) mass is 509 g/mol. The zero-order valence-electron chi connectivity index (χ0n) is 17.8. The Hall–Kier alpha value is -2.60. The van der Waals surface area contributed by atoms with Crippen molar-refractivity contribution >= 4 is 21.4 Å². The average Bonchev–Trinajstić information content (AvgIpc) is 3.49. The van der Waals surface area contributed by atoms with Gasteiger partial charge in [-0.1, -0.05) is 18.2 Å². The highest BCUT2D eigenvalue weighted by Gasteiger charge is 2.71. The van der Waals surface area contributed by atoms with Crippen molar-refractivity contribution in [1.29, 1.82) is 0 Å². The predicted octanol–water partition coefficient (Wildman–Crippen LogP) is 4.67. The number of halogens is 6. The fraction of sp³-hybridized carbons (Fsp3) is 0.409. The molecule has 5 nitrogen and oxygen atoms in total. The lowest BCUT2D eigenvalue weighted by atomic mass is 9.88. The van der Waals surface area contributed by atoms with Crippen LogP contribution in [0.25, 0.3) is 0 Å². The van der Waals surface area contributed by atoms with E-state index in [2.05, 4.69) is 5.32 Å². The predicted molar refractivity (Wildman–Crippen MR) is 111 cm³/mol. The minimum atomic E-state index is -6.01. The number of hydrogen-bond donors (Lipinski definition) is 2. The third-order valence-electron chi connectivity index (χ3n) is 5.52. The topological polar surface area (TPSA) is 83.5 Å². The van der Waals surface area contributed by atoms with Crippen molar-refractivity contribution < 1.29 is 44.7 Å². The van der Waals surface area contributed by atoms with Gasteiger partial charge >= 0.3 is 12.4 Å². The van der Waals surface area contributed by atoms with Crippen molar-refractivity contribution in [1.82, 2.24) is 0 Å². The summed E-state index contributed by atoms with van der Waals surface area (Å²) in [4.78, 5) is 12.4. The molecule has 0 heterocycles. The van der Waals surface area contributed by atoms with Gasteiger partial charge in [-0.2, -0.15) is 26.3 Å². The van der Waals surface area contributed by atoms with Crippen LogP contribution in [0, 0.1) is 12.8 Å². The van der Waals surface area contributed by atoms with Crippen LogP contribution >= 0.6 is 0 Å². The maximum atomic E-state index is 13.1. The normalized spacial score (nSPS) is 15.3. The van der Waals surface area contributed by atoms with E-state index < -0.39 is 44.8 Å². The number of aliphatic hydroxyl groups is 1. The number of rotatable bonds is 7. The van der Waals surface area contributed by atoms with Crippen molar-refractivity contribution in [2.24, 2.45) is 5.92 Å². The lowest BCUT2D eigenvalue weighted by molar-refractivity contribution is -0.376. The first-order valence-corrected chi connectivity index (χ1v) is 11.8. The number of alkyl halides is 6. The van der Waals surface area contributed by atoms with E-state index in [1.165, 1.54) is 24.3 Å². The van der Waals surface area contributed by atoms with E-state index in [0.29, 0.717) is 11.6 Å². The number of carbonyl (C=O) groups excluding carboxylic acids is 1. The highest BCUT2D eigenvalue weighted by atomic mass is 32.2. The SMILES string of the molecule is Cc1cc(NC(=O)Cc2ccc(S(=O)(=O)CC3CC3)cc2)ccc1C(O)(C(F)(F)F)C(F)(F)F. The number of aryl methyl sites for hydroxylation is 1. The number of sulfone groups is 1. The summed E-state index contributed by atoms with van der Waals surface area (Å²) in [7, 11) is -3.41. The number of anilines is 1. The minimum Gasteiger partial charge on any atom is -0.369 e. The molecule has 0 bridgehead atoms. The van der Waals surface area contributed by atoms with Crippen LogP contribution in [-0.4, -0.2) is 37.5 Å². The van der Waals surface area contributed by atoms with Gasteiger partial charge in [-0.05, 0) is 61.1 Å². The highest BCUT2D eigenvalue weighted by molar-refractivity contribution is 7.91. The fourth-order valence-electron chi connectivity index (χ4n) is 3.51. The summed E-state index contributed by atoms with van der Waals surface area (Å²) in [5, 5.41) is 11.9. The zero-order chi connectivity index (χ0) is 25.5.